The molecule has 0 aliphatic rings. The van der Waals surface area contributed by atoms with E-state index in [1.165, 1.54) is 4.70 Å². The van der Waals surface area contributed by atoms with Crippen molar-refractivity contribution in [2.45, 2.75) is 19.6 Å². The smallest absolute Gasteiger partial charge is 0.191 e. The Morgan fingerprint density at radius 2 is 2.00 bits per heavy atom. The summed E-state index contributed by atoms with van der Waals surface area (Å²) in [6.07, 6.45) is 1.19. The van der Waals surface area contributed by atoms with Crippen LogP contribution in [0.5, 0.6) is 0 Å². The molecule has 0 aliphatic heterocycles. The summed E-state index contributed by atoms with van der Waals surface area (Å²) < 4.78 is 1.19. The quantitative estimate of drug-likeness (QED) is 0.285. The molecule has 5 nitrogen and oxygen atoms in total. The first-order chi connectivity index (χ1) is 12.3. The molecule has 138 valence electrons. The van der Waals surface area contributed by atoms with Crippen molar-refractivity contribution in [1.29, 1.82) is 0 Å². The second kappa shape index (κ2) is 10.4. The second-order valence-electron chi connectivity index (χ2n) is 5.60. The van der Waals surface area contributed by atoms with Crippen LogP contribution in [0.4, 0.5) is 0 Å². The van der Waals surface area contributed by atoms with Crippen molar-refractivity contribution in [2.24, 2.45) is 4.99 Å². The molecule has 0 spiro atoms. The summed E-state index contributed by atoms with van der Waals surface area (Å²) in [7, 11) is 0. The van der Waals surface area contributed by atoms with Crippen LogP contribution in [0.25, 0.3) is 10.1 Å². The third kappa shape index (κ3) is 5.65. The highest BCUT2D eigenvalue weighted by Crippen LogP contribution is 2.29. The van der Waals surface area contributed by atoms with Gasteiger partial charge < -0.3 is 15.7 Å². The maximum atomic E-state index is 10.5. The van der Waals surface area contributed by atoms with E-state index in [0.29, 0.717) is 19.0 Å². The predicted molar refractivity (Wildman–Crippen MR) is 119 cm³/mol. The van der Waals surface area contributed by atoms with Crippen LogP contribution in [-0.2, 0) is 6.54 Å². The Bertz CT molecular complexity index is 805. The molecule has 2 heterocycles. The molecule has 1 atom stereocenters. The number of nitrogens with zero attached hydrogens (tertiary/aromatic N) is 2. The Morgan fingerprint density at radius 3 is 2.73 bits per heavy atom. The zero-order chi connectivity index (χ0) is 17.5. The first-order valence-electron chi connectivity index (χ1n) is 8.35. The Morgan fingerprint density at radius 1 is 1.19 bits per heavy atom. The molecule has 0 saturated carbocycles. The molecule has 0 fully saturated rings. The lowest BCUT2D eigenvalue weighted by atomic mass is 10.2. The fraction of sp³-hybridized carbons (Fsp3) is 0.263. The number of guanidine groups is 1. The van der Waals surface area contributed by atoms with Crippen molar-refractivity contribution in [3.8, 4) is 0 Å². The van der Waals surface area contributed by atoms with Crippen molar-refractivity contribution >= 4 is 51.4 Å². The molecule has 3 aromatic rings. The number of aliphatic imine (C=N–C) groups is 1. The van der Waals surface area contributed by atoms with E-state index in [1.807, 2.05) is 43.3 Å². The first kappa shape index (κ1) is 20.6. The zero-order valence-electron chi connectivity index (χ0n) is 14.6. The summed E-state index contributed by atoms with van der Waals surface area (Å²) in [5.41, 5.74) is 0.907. The summed E-state index contributed by atoms with van der Waals surface area (Å²) in [6.45, 7) is 3.67. The number of hydrogen-bond acceptors (Lipinski definition) is 4. The Labute approximate surface area is 174 Å². The van der Waals surface area contributed by atoms with E-state index in [0.717, 1.165) is 22.5 Å². The van der Waals surface area contributed by atoms with Gasteiger partial charge in [-0.05, 0) is 36.6 Å². The zero-order valence-corrected chi connectivity index (χ0v) is 17.7. The van der Waals surface area contributed by atoms with Crippen LogP contribution in [0.15, 0.2) is 59.7 Å². The lowest BCUT2D eigenvalue weighted by Gasteiger charge is -2.14. The number of rotatable bonds is 6. The molecule has 3 N–H and O–H groups in total. The molecular formula is C19H23IN4OS. The largest absolute Gasteiger partial charge is 0.386 e. The highest BCUT2D eigenvalue weighted by atomic mass is 127. The van der Waals surface area contributed by atoms with Gasteiger partial charge in [-0.1, -0.05) is 24.3 Å². The van der Waals surface area contributed by atoms with E-state index >= 15 is 0 Å². The monoisotopic (exact) mass is 482 g/mol. The van der Waals surface area contributed by atoms with Gasteiger partial charge in [-0.15, -0.1) is 35.3 Å². The van der Waals surface area contributed by atoms with Crippen LogP contribution in [-0.4, -0.2) is 29.1 Å². The molecule has 3 rings (SSSR count). The minimum absolute atomic E-state index is 0. The van der Waals surface area contributed by atoms with Gasteiger partial charge in [0.15, 0.2) is 5.96 Å². The topological polar surface area (TPSA) is 69.5 Å². The molecule has 2 aromatic heterocycles. The van der Waals surface area contributed by atoms with Crippen molar-refractivity contribution in [3.05, 3.63) is 65.3 Å². The number of nitrogens with one attached hydrogen (secondary N) is 2. The molecule has 0 bridgehead atoms. The average molecular weight is 482 g/mol. The Kier molecular flexibility index (Phi) is 8.27. The number of aliphatic hydroxyl groups excluding tert-OH is 1. The van der Waals surface area contributed by atoms with Crippen molar-refractivity contribution in [3.63, 3.8) is 0 Å². The van der Waals surface area contributed by atoms with Gasteiger partial charge in [0.2, 0.25) is 0 Å². The van der Waals surface area contributed by atoms with E-state index in [-0.39, 0.29) is 24.0 Å². The molecule has 0 saturated heterocycles. The fourth-order valence-corrected chi connectivity index (χ4v) is 3.50. The van der Waals surface area contributed by atoms with Crippen LogP contribution in [0.1, 0.15) is 23.6 Å². The molecule has 0 amide bonds. The number of benzene rings is 1. The SMILES string of the molecule is CCNC(=NCc1ccccn1)NCC(O)c1cc2ccccc2s1.I. The van der Waals surface area contributed by atoms with Gasteiger partial charge in [-0.2, -0.15) is 0 Å². The highest BCUT2D eigenvalue weighted by Gasteiger charge is 2.12. The third-order valence-corrected chi connectivity index (χ3v) is 4.92. The van der Waals surface area contributed by atoms with E-state index in [2.05, 4.69) is 32.7 Å². The maximum absolute atomic E-state index is 10.5. The molecule has 0 radical (unpaired) electrons. The van der Waals surface area contributed by atoms with Crippen LogP contribution in [0, 0.1) is 0 Å². The van der Waals surface area contributed by atoms with Gasteiger partial charge in [0.25, 0.3) is 0 Å². The summed E-state index contributed by atoms with van der Waals surface area (Å²) in [6, 6.07) is 16.0. The summed E-state index contributed by atoms with van der Waals surface area (Å²) >= 11 is 1.62. The van der Waals surface area contributed by atoms with Gasteiger partial charge in [0.1, 0.15) is 6.10 Å². The number of hydrogen-bond donors (Lipinski definition) is 3. The number of fused-ring (bicyclic) bond motifs is 1. The van der Waals surface area contributed by atoms with E-state index in [1.54, 1.807) is 17.5 Å². The van der Waals surface area contributed by atoms with Crippen LogP contribution >= 0.6 is 35.3 Å². The fourth-order valence-electron chi connectivity index (χ4n) is 2.45. The maximum Gasteiger partial charge on any atom is 0.191 e. The lowest BCUT2D eigenvalue weighted by Crippen LogP contribution is -2.39. The minimum atomic E-state index is -0.573. The van der Waals surface area contributed by atoms with E-state index in [9.17, 15) is 5.11 Å². The van der Waals surface area contributed by atoms with E-state index in [4.69, 9.17) is 0 Å². The molecule has 26 heavy (non-hydrogen) atoms. The number of pyridine rings is 1. The summed E-state index contributed by atoms with van der Waals surface area (Å²) in [4.78, 5) is 9.74. The highest BCUT2D eigenvalue weighted by molar-refractivity contribution is 14.0. The Balaban J connectivity index is 0.00000243. The van der Waals surface area contributed by atoms with Gasteiger partial charge >= 0.3 is 0 Å². The van der Waals surface area contributed by atoms with Crippen molar-refractivity contribution in [2.75, 3.05) is 13.1 Å². The standard InChI is InChI=1S/C19H22N4OS.HI/c1-2-20-19(22-12-15-8-5-6-10-21-15)23-13-16(24)18-11-14-7-3-4-9-17(14)25-18;/h3-11,16,24H,2,12-13H2,1H3,(H2,20,22,23);1H. The predicted octanol–water partition coefficient (Wildman–Crippen LogP) is 3.70. The minimum Gasteiger partial charge on any atom is -0.386 e. The average Bonchev–Trinajstić information content (AvgIpc) is 3.09. The lowest BCUT2D eigenvalue weighted by molar-refractivity contribution is 0.184. The first-order valence-corrected chi connectivity index (χ1v) is 9.16. The molecule has 1 aromatic carbocycles. The number of aromatic nitrogens is 1. The normalized spacial score (nSPS) is 12.5. The third-order valence-electron chi connectivity index (χ3n) is 3.71. The molecule has 0 aliphatic carbocycles. The van der Waals surface area contributed by atoms with E-state index < -0.39 is 6.10 Å². The summed E-state index contributed by atoms with van der Waals surface area (Å²) in [5, 5.41) is 18.0. The van der Waals surface area contributed by atoms with Crippen LogP contribution < -0.4 is 10.6 Å². The van der Waals surface area contributed by atoms with Gasteiger partial charge in [-0.25, -0.2) is 4.99 Å². The van der Waals surface area contributed by atoms with Gasteiger partial charge in [-0.3, -0.25) is 4.98 Å². The van der Waals surface area contributed by atoms with Crippen LogP contribution in [0.2, 0.25) is 0 Å². The number of aliphatic hydroxyl groups is 1. The van der Waals surface area contributed by atoms with Gasteiger partial charge in [0.05, 0.1) is 12.2 Å². The number of thiophene rings is 1. The Hall–Kier alpha value is -1.71. The van der Waals surface area contributed by atoms with Crippen LogP contribution in [0.3, 0.4) is 0 Å². The second-order valence-corrected chi connectivity index (χ2v) is 6.71. The number of halogens is 1. The van der Waals surface area contributed by atoms with Crippen molar-refractivity contribution < 1.29 is 5.11 Å². The summed E-state index contributed by atoms with van der Waals surface area (Å²) in [5.74, 6) is 0.674. The van der Waals surface area contributed by atoms with Gasteiger partial charge in [0, 0.05) is 28.9 Å². The molecule has 1 unspecified atom stereocenters. The molecular weight excluding hydrogens is 459 g/mol. The van der Waals surface area contributed by atoms with Crippen molar-refractivity contribution in [1.82, 2.24) is 15.6 Å². The molecule has 7 heteroatoms.